The van der Waals surface area contributed by atoms with Gasteiger partial charge in [0.2, 0.25) is 0 Å². The lowest BCUT2D eigenvalue weighted by Crippen LogP contribution is -2.38. The van der Waals surface area contributed by atoms with Gasteiger partial charge in [-0.3, -0.25) is 0 Å². The van der Waals surface area contributed by atoms with Crippen LogP contribution < -0.4 is 10.5 Å². The third kappa shape index (κ3) is 4.76. The molecule has 1 aliphatic heterocycles. The molecular weight excluding hydrogens is 250 g/mol. The van der Waals surface area contributed by atoms with Gasteiger partial charge in [0, 0.05) is 13.1 Å². The van der Waals surface area contributed by atoms with Crippen molar-refractivity contribution in [3.63, 3.8) is 0 Å². The predicted octanol–water partition coefficient (Wildman–Crippen LogP) is 2.56. The van der Waals surface area contributed by atoms with Crippen LogP contribution in [0.3, 0.4) is 0 Å². The van der Waals surface area contributed by atoms with Gasteiger partial charge in [-0.15, -0.1) is 0 Å². The monoisotopic (exact) mass is 275 g/mol. The molecule has 2 N–H and O–H groups in total. The van der Waals surface area contributed by atoms with E-state index < -0.39 is 0 Å². The number of aliphatic imine (C=N–C) groups is 1. The third-order valence-electron chi connectivity index (χ3n) is 3.58. The van der Waals surface area contributed by atoms with Gasteiger partial charge in [0.25, 0.3) is 0 Å². The van der Waals surface area contributed by atoms with Crippen LogP contribution >= 0.6 is 0 Å². The van der Waals surface area contributed by atoms with E-state index in [0.717, 1.165) is 18.8 Å². The Bertz CT molecular complexity index is 420. The van der Waals surface area contributed by atoms with Crippen LogP contribution in [0, 0.1) is 6.92 Å². The van der Waals surface area contributed by atoms with E-state index in [1.807, 2.05) is 24.3 Å². The first-order chi connectivity index (χ1) is 9.75. The lowest BCUT2D eigenvalue weighted by Gasteiger charge is -2.21. The molecule has 1 aromatic carbocycles. The second-order valence-corrected chi connectivity index (χ2v) is 5.30. The highest BCUT2D eigenvalue weighted by atomic mass is 16.5. The molecule has 4 heteroatoms. The minimum Gasteiger partial charge on any atom is -0.492 e. The standard InChI is InChI=1S/C16H25N3O/c1-14-6-8-15(9-7-14)20-13-10-18-16(17)19-11-4-2-3-5-12-19/h6-9H,2-5,10-13H2,1H3,(H2,17,18). The summed E-state index contributed by atoms with van der Waals surface area (Å²) in [5.41, 5.74) is 7.27. The summed E-state index contributed by atoms with van der Waals surface area (Å²) in [6.45, 7) is 5.31. The number of aryl methyl sites for hydroxylation is 1. The van der Waals surface area contributed by atoms with Crippen LogP contribution in [0.25, 0.3) is 0 Å². The topological polar surface area (TPSA) is 50.9 Å². The summed E-state index contributed by atoms with van der Waals surface area (Å²) in [7, 11) is 0. The van der Waals surface area contributed by atoms with E-state index in [1.54, 1.807) is 0 Å². The lowest BCUT2D eigenvalue weighted by atomic mass is 10.2. The van der Waals surface area contributed by atoms with Crippen molar-refractivity contribution in [3.8, 4) is 5.75 Å². The summed E-state index contributed by atoms with van der Waals surface area (Å²) in [5, 5.41) is 0. The fourth-order valence-electron chi connectivity index (χ4n) is 2.36. The van der Waals surface area contributed by atoms with Gasteiger partial charge in [-0.1, -0.05) is 30.5 Å². The van der Waals surface area contributed by atoms with Gasteiger partial charge in [-0.25, -0.2) is 4.99 Å². The van der Waals surface area contributed by atoms with E-state index in [0.29, 0.717) is 19.1 Å². The Kier molecular flexibility index (Phi) is 5.71. The van der Waals surface area contributed by atoms with Gasteiger partial charge < -0.3 is 15.4 Å². The van der Waals surface area contributed by atoms with Crippen LogP contribution in [0.4, 0.5) is 0 Å². The molecular formula is C16H25N3O. The van der Waals surface area contributed by atoms with Crippen molar-refractivity contribution in [2.75, 3.05) is 26.2 Å². The summed E-state index contributed by atoms with van der Waals surface area (Å²) >= 11 is 0. The fraction of sp³-hybridized carbons (Fsp3) is 0.562. The Morgan fingerprint density at radius 2 is 1.80 bits per heavy atom. The number of rotatable bonds is 4. The van der Waals surface area contributed by atoms with Crippen molar-refractivity contribution in [3.05, 3.63) is 29.8 Å². The van der Waals surface area contributed by atoms with Gasteiger partial charge in [0.05, 0.1) is 6.54 Å². The summed E-state index contributed by atoms with van der Waals surface area (Å²) < 4.78 is 5.64. The van der Waals surface area contributed by atoms with Crippen molar-refractivity contribution < 1.29 is 4.74 Å². The second-order valence-electron chi connectivity index (χ2n) is 5.30. The van der Waals surface area contributed by atoms with E-state index in [2.05, 4.69) is 16.8 Å². The molecule has 1 heterocycles. The molecule has 0 saturated carbocycles. The molecule has 2 rings (SSSR count). The quantitative estimate of drug-likeness (QED) is 0.522. The Morgan fingerprint density at radius 3 is 2.45 bits per heavy atom. The van der Waals surface area contributed by atoms with Gasteiger partial charge >= 0.3 is 0 Å². The molecule has 1 aliphatic rings. The Morgan fingerprint density at radius 1 is 1.15 bits per heavy atom. The van der Waals surface area contributed by atoms with E-state index >= 15 is 0 Å². The van der Waals surface area contributed by atoms with Crippen LogP contribution in [-0.2, 0) is 0 Å². The Balaban J connectivity index is 1.73. The van der Waals surface area contributed by atoms with Crippen LogP contribution in [0.1, 0.15) is 31.2 Å². The molecule has 110 valence electrons. The Labute approximate surface area is 121 Å². The van der Waals surface area contributed by atoms with Crippen LogP contribution in [-0.4, -0.2) is 37.1 Å². The number of hydrogen-bond donors (Lipinski definition) is 1. The number of hydrogen-bond acceptors (Lipinski definition) is 2. The summed E-state index contributed by atoms with van der Waals surface area (Å²) in [6.07, 6.45) is 5.05. The van der Waals surface area contributed by atoms with E-state index in [-0.39, 0.29) is 0 Å². The zero-order valence-corrected chi connectivity index (χ0v) is 12.3. The summed E-state index contributed by atoms with van der Waals surface area (Å²) in [4.78, 5) is 6.61. The van der Waals surface area contributed by atoms with E-state index in [9.17, 15) is 0 Å². The smallest absolute Gasteiger partial charge is 0.191 e. The highest BCUT2D eigenvalue weighted by molar-refractivity contribution is 5.78. The highest BCUT2D eigenvalue weighted by Crippen LogP contribution is 2.11. The third-order valence-corrected chi connectivity index (χ3v) is 3.58. The van der Waals surface area contributed by atoms with E-state index in [4.69, 9.17) is 10.5 Å². The number of ether oxygens (including phenoxy) is 1. The summed E-state index contributed by atoms with van der Waals surface area (Å²) in [5.74, 6) is 1.55. The molecule has 0 bridgehead atoms. The molecule has 20 heavy (non-hydrogen) atoms. The first-order valence-corrected chi connectivity index (χ1v) is 7.50. The van der Waals surface area contributed by atoms with Crippen molar-refractivity contribution in [1.82, 2.24) is 4.90 Å². The zero-order valence-electron chi connectivity index (χ0n) is 12.3. The first-order valence-electron chi connectivity index (χ1n) is 7.50. The number of guanidine groups is 1. The van der Waals surface area contributed by atoms with Crippen molar-refractivity contribution >= 4 is 5.96 Å². The maximum atomic E-state index is 6.04. The van der Waals surface area contributed by atoms with Crippen LogP contribution in [0.5, 0.6) is 5.75 Å². The van der Waals surface area contributed by atoms with Crippen molar-refractivity contribution in [2.45, 2.75) is 32.6 Å². The summed E-state index contributed by atoms with van der Waals surface area (Å²) in [6, 6.07) is 8.06. The van der Waals surface area contributed by atoms with Crippen LogP contribution in [0.15, 0.2) is 29.3 Å². The Hall–Kier alpha value is -1.71. The molecule has 1 fully saturated rings. The lowest BCUT2D eigenvalue weighted by molar-refractivity contribution is 0.327. The van der Waals surface area contributed by atoms with Crippen LogP contribution in [0.2, 0.25) is 0 Å². The minimum absolute atomic E-state index is 0.567. The molecule has 0 aliphatic carbocycles. The molecule has 4 nitrogen and oxygen atoms in total. The molecule has 0 atom stereocenters. The predicted molar refractivity (Wildman–Crippen MR) is 83.2 cm³/mol. The SMILES string of the molecule is Cc1ccc(OCCN=C(N)N2CCCCCC2)cc1. The largest absolute Gasteiger partial charge is 0.492 e. The number of benzene rings is 1. The minimum atomic E-state index is 0.567. The molecule has 0 aromatic heterocycles. The average Bonchev–Trinajstić information content (AvgIpc) is 2.74. The molecule has 1 saturated heterocycles. The number of nitrogens with two attached hydrogens (primary N) is 1. The first kappa shape index (κ1) is 14.7. The molecule has 0 unspecified atom stereocenters. The zero-order chi connectivity index (χ0) is 14.2. The number of nitrogens with zero attached hydrogens (tertiary/aromatic N) is 2. The normalized spacial score (nSPS) is 16.9. The second kappa shape index (κ2) is 7.78. The molecule has 0 spiro atoms. The van der Waals surface area contributed by atoms with Gasteiger partial charge in [0.1, 0.15) is 12.4 Å². The van der Waals surface area contributed by atoms with Crippen molar-refractivity contribution in [1.29, 1.82) is 0 Å². The molecule has 1 aromatic rings. The number of likely N-dealkylation sites (tertiary alicyclic amines) is 1. The van der Waals surface area contributed by atoms with E-state index in [1.165, 1.54) is 31.2 Å². The molecule has 0 radical (unpaired) electrons. The van der Waals surface area contributed by atoms with Gasteiger partial charge in [-0.05, 0) is 31.9 Å². The van der Waals surface area contributed by atoms with Gasteiger partial charge in [-0.2, -0.15) is 0 Å². The fourth-order valence-corrected chi connectivity index (χ4v) is 2.36. The average molecular weight is 275 g/mol. The van der Waals surface area contributed by atoms with Gasteiger partial charge in [0.15, 0.2) is 5.96 Å². The maximum Gasteiger partial charge on any atom is 0.191 e. The highest BCUT2D eigenvalue weighted by Gasteiger charge is 2.10. The van der Waals surface area contributed by atoms with Crippen molar-refractivity contribution in [2.24, 2.45) is 10.7 Å². The molecule has 0 amide bonds. The maximum absolute atomic E-state index is 6.04.